The van der Waals surface area contributed by atoms with Gasteiger partial charge in [-0.25, -0.2) is 4.79 Å². The molecular formula is C18H19NO3. The summed E-state index contributed by atoms with van der Waals surface area (Å²) in [7, 11) is 0. The molecule has 0 aliphatic rings. The Balaban J connectivity index is 1.90. The van der Waals surface area contributed by atoms with Crippen LogP contribution in [0.5, 0.6) is 0 Å². The van der Waals surface area contributed by atoms with Crippen LogP contribution in [0.1, 0.15) is 34.1 Å². The Morgan fingerprint density at radius 3 is 2.00 bits per heavy atom. The molecular weight excluding hydrogens is 278 g/mol. The standard InChI is InChI=1S/C18H19NO3/c1-13(17(20)14-8-4-2-5-9-14)12-16(19)22-18(21)15-10-6-3-7-11-15/h2-11,13,16H,12,19H2,1H3. The molecule has 2 unspecified atom stereocenters. The van der Waals surface area contributed by atoms with Crippen LogP contribution in [0.4, 0.5) is 0 Å². The molecule has 2 aromatic rings. The molecule has 2 atom stereocenters. The molecule has 0 fully saturated rings. The van der Waals surface area contributed by atoms with Crippen LogP contribution in [0, 0.1) is 5.92 Å². The fourth-order valence-corrected chi connectivity index (χ4v) is 2.17. The number of ketones is 1. The topological polar surface area (TPSA) is 69.4 Å². The number of esters is 1. The highest BCUT2D eigenvalue weighted by Gasteiger charge is 2.20. The second-order valence-electron chi connectivity index (χ2n) is 5.18. The summed E-state index contributed by atoms with van der Waals surface area (Å²) in [5.41, 5.74) is 6.91. The number of ether oxygens (including phenoxy) is 1. The van der Waals surface area contributed by atoms with Gasteiger partial charge in [0, 0.05) is 17.9 Å². The highest BCUT2D eigenvalue weighted by Crippen LogP contribution is 2.14. The Hall–Kier alpha value is -2.46. The molecule has 0 aliphatic heterocycles. The first-order chi connectivity index (χ1) is 10.6. The SMILES string of the molecule is CC(CC(N)OC(=O)c1ccccc1)C(=O)c1ccccc1. The van der Waals surface area contributed by atoms with Gasteiger partial charge >= 0.3 is 5.97 Å². The van der Waals surface area contributed by atoms with Gasteiger partial charge < -0.3 is 4.74 Å². The second kappa shape index (κ2) is 7.52. The Kier molecular flexibility index (Phi) is 5.44. The van der Waals surface area contributed by atoms with Crippen molar-refractivity contribution in [3.8, 4) is 0 Å². The van der Waals surface area contributed by atoms with E-state index in [2.05, 4.69) is 0 Å². The van der Waals surface area contributed by atoms with Crippen molar-refractivity contribution in [2.24, 2.45) is 11.7 Å². The number of hydrogen-bond acceptors (Lipinski definition) is 4. The number of carbonyl (C=O) groups excluding carboxylic acids is 2. The lowest BCUT2D eigenvalue weighted by atomic mass is 9.96. The molecule has 2 aromatic carbocycles. The first-order valence-electron chi connectivity index (χ1n) is 7.19. The lowest BCUT2D eigenvalue weighted by Gasteiger charge is -2.17. The zero-order chi connectivity index (χ0) is 15.9. The van der Waals surface area contributed by atoms with Gasteiger partial charge in [0.2, 0.25) is 0 Å². The van der Waals surface area contributed by atoms with Crippen molar-refractivity contribution in [1.29, 1.82) is 0 Å². The molecule has 2 rings (SSSR count). The van der Waals surface area contributed by atoms with Gasteiger partial charge in [-0.05, 0) is 12.1 Å². The minimum absolute atomic E-state index is 0.00758. The third kappa shape index (κ3) is 4.27. The predicted molar refractivity (Wildman–Crippen MR) is 84.4 cm³/mol. The molecule has 4 nitrogen and oxygen atoms in total. The van der Waals surface area contributed by atoms with Crippen molar-refractivity contribution in [2.45, 2.75) is 19.6 Å². The lowest BCUT2D eigenvalue weighted by Crippen LogP contribution is -2.31. The third-order valence-corrected chi connectivity index (χ3v) is 3.36. The highest BCUT2D eigenvalue weighted by molar-refractivity contribution is 5.97. The van der Waals surface area contributed by atoms with E-state index >= 15 is 0 Å². The zero-order valence-electron chi connectivity index (χ0n) is 12.4. The number of carbonyl (C=O) groups is 2. The first-order valence-corrected chi connectivity index (χ1v) is 7.19. The summed E-state index contributed by atoms with van der Waals surface area (Å²) in [6.07, 6.45) is -0.526. The maximum absolute atomic E-state index is 12.2. The summed E-state index contributed by atoms with van der Waals surface area (Å²) < 4.78 is 5.18. The molecule has 0 spiro atoms. The summed E-state index contributed by atoms with van der Waals surface area (Å²) >= 11 is 0. The van der Waals surface area contributed by atoms with Crippen molar-refractivity contribution in [2.75, 3.05) is 0 Å². The van der Waals surface area contributed by atoms with E-state index in [9.17, 15) is 9.59 Å². The van der Waals surface area contributed by atoms with E-state index in [0.717, 1.165) is 0 Å². The minimum atomic E-state index is -0.810. The van der Waals surface area contributed by atoms with Crippen LogP contribution in [-0.4, -0.2) is 18.0 Å². The summed E-state index contributed by atoms with van der Waals surface area (Å²) in [5, 5.41) is 0. The second-order valence-corrected chi connectivity index (χ2v) is 5.18. The molecule has 0 heterocycles. The maximum atomic E-state index is 12.2. The maximum Gasteiger partial charge on any atom is 0.339 e. The first kappa shape index (κ1) is 15.9. The van der Waals surface area contributed by atoms with E-state index in [-0.39, 0.29) is 18.1 Å². The summed E-state index contributed by atoms with van der Waals surface area (Å²) in [4.78, 5) is 24.1. The number of nitrogens with two attached hydrogens (primary N) is 1. The lowest BCUT2D eigenvalue weighted by molar-refractivity contribution is 0.0261. The van der Waals surface area contributed by atoms with Crippen LogP contribution in [0.15, 0.2) is 60.7 Å². The molecule has 0 aliphatic carbocycles. The monoisotopic (exact) mass is 297 g/mol. The Bertz CT molecular complexity index is 625. The Labute approximate surface area is 129 Å². The molecule has 0 bridgehead atoms. The Morgan fingerprint density at radius 1 is 0.955 bits per heavy atom. The molecule has 22 heavy (non-hydrogen) atoms. The average Bonchev–Trinajstić information content (AvgIpc) is 2.55. The molecule has 114 valence electrons. The van der Waals surface area contributed by atoms with Crippen LogP contribution in [-0.2, 0) is 4.74 Å². The highest BCUT2D eigenvalue weighted by atomic mass is 16.6. The van der Waals surface area contributed by atoms with E-state index in [0.29, 0.717) is 11.1 Å². The van der Waals surface area contributed by atoms with Crippen molar-refractivity contribution in [1.82, 2.24) is 0 Å². The van der Waals surface area contributed by atoms with Crippen molar-refractivity contribution in [3.05, 3.63) is 71.8 Å². The van der Waals surface area contributed by atoms with Gasteiger partial charge in [0.05, 0.1) is 5.56 Å². The predicted octanol–water partition coefficient (Wildman–Crippen LogP) is 3.04. The molecule has 4 heteroatoms. The van der Waals surface area contributed by atoms with E-state index in [4.69, 9.17) is 10.5 Å². The normalized spacial score (nSPS) is 13.2. The molecule has 0 saturated carbocycles. The largest absolute Gasteiger partial charge is 0.443 e. The summed E-state index contributed by atoms with van der Waals surface area (Å²) in [6.45, 7) is 1.78. The number of rotatable bonds is 6. The molecule has 0 radical (unpaired) electrons. The quantitative estimate of drug-likeness (QED) is 0.505. The van der Waals surface area contributed by atoms with Crippen LogP contribution in [0.3, 0.4) is 0 Å². The smallest absolute Gasteiger partial charge is 0.339 e. The molecule has 0 aromatic heterocycles. The van der Waals surface area contributed by atoms with Crippen LogP contribution >= 0.6 is 0 Å². The number of Topliss-reactive ketones (excluding diaryl/α,β-unsaturated/α-hetero) is 1. The van der Waals surface area contributed by atoms with Gasteiger partial charge in [-0.15, -0.1) is 0 Å². The number of benzene rings is 2. The van der Waals surface area contributed by atoms with Gasteiger partial charge in [-0.3, -0.25) is 10.5 Å². The molecule has 0 amide bonds. The molecule has 0 saturated heterocycles. The van der Waals surface area contributed by atoms with Gasteiger partial charge in [0.1, 0.15) is 0 Å². The van der Waals surface area contributed by atoms with Crippen molar-refractivity contribution < 1.29 is 14.3 Å². The van der Waals surface area contributed by atoms with Gasteiger partial charge in [0.25, 0.3) is 0 Å². The summed E-state index contributed by atoms with van der Waals surface area (Å²) in [6, 6.07) is 17.7. The zero-order valence-corrected chi connectivity index (χ0v) is 12.4. The minimum Gasteiger partial charge on any atom is -0.443 e. The van der Waals surface area contributed by atoms with Crippen LogP contribution in [0.2, 0.25) is 0 Å². The average molecular weight is 297 g/mol. The van der Waals surface area contributed by atoms with Crippen LogP contribution in [0.25, 0.3) is 0 Å². The summed E-state index contributed by atoms with van der Waals surface area (Å²) in [5.74, 6) is -0.805. The van der Waals surface area contributed by atoms with Gasteiger partial charge in [-0.2, -0.15) is 0 Å². The van der Waals surface area contributed by atoms with E-state index in [1.807, 2.05) is 24.3 Å². The number of hydrogen-bond donors (Lipinski definition) is 1. The van der Waals surface area contributed by atoms with Crippen molar-refractivity contribution >= 4 is 11.8 Å². The third-order valence-electron chi connectivity index (χ3n) is 3.36. The van der Waals surface area contributed by atoms with E-state index < -0.39 is 12.2 Å². The Morgan fingerprint density at radius 2 is 1.45 bits per heavy atom. The van der Waals surface area contributed by atoms with Gasteiger partial charge in [-0.1, -0.05) is 55.5 Å². The fourth-order valence-electron chi connectivity index (χ4n) is 2.17. The van der Waals surface area contributed by atoms with E-state index in [1.54, 1.807) is 43.3 Å². The fraction of sp³-hybridized carbons (Fsp3) is 0.222. The van der Waals surface area contributed by atoms with Gasteiger partial charge in [0.15, 0.2) is 12.0 Å². The van der Waals surface area contributed by atoms with Crippen molar-refractivity contribution in [3.63, 3.8) is 0 Å². The van der Waals surface area contributed by atoms with E-state index in [1.165, 1.54) is 0 Å². The molecule has 2 N–H and O–H groups in total. The van der Waals surface area contributed by atoms with Crippen LogP contribution < -0.4 is 5.73 Å².